The maximum atomic E-state index is 5.96. The summed E-state index contributed by atoms with van der Waals surface area (Å²) in [6.45, 7) is 5.89. The van der Waals surface area contributed by atoms with Gasteiger partial charge in [-0.1, -0.05) is 30.3 Å². The number of nitrogens with zero attached hydrogens (tertiary/aromatic N) is 2. The molecule has 3 heterocycles. The van der Waals surface area contributed by atoms with Gasteiger partial charge >= 0.3 is 0 Å². The Bertz CT molecular complexity index is 680. The minimum atomic E-state index is 0. The van der Waals surface area contributed by atoms with Gasteiger partial charge in [0.1, 0.15) is 0 Å². The summed E-state index contributed by atoms with van der Waals surface area (Å²) < 4.78 is 0. The summed E-state index contributed by atoms with van der Waals surface area (Å²) in [6.07, 6.45) is 4.95. The number of benzene rings is 1. The van der Waals surface area contributed by atoms with Gasteiger partial charge in [0.05, 0.1) is 5.69 Å². The summed E-state index contributed by atoms with van der Waals surface area (Å²) in [5.41, 5.74) is 8.54. The van der Waals surface area contributed by atoms with Gasteiger partial charge in [-0.25, -0.2) is 4.98 Å². The molecule has 1 unspecified atom stereocenters. The number of aromatic nitrogens is 1. The molecule has 7 heteroatoms. The molecule has 150 valence electrons. The highest BCUT2D eigenvalue weighted by Crippen LogP contribution is 2.42. The van der Waals surface area contributed by atoms with E-state index in [0.717, 1.165) is 31.8 Å². The Hall–Kier alpha value is -0.850. The Morgan fingerprint density at radius 1 is 1.19 bits per heavy atom. The molecular weight excluding hydrogens is 399 g/mol. The molecule has 0 amide bonds. The predicted octanol–water partition coefficient (Wildman–Crippen LogP) is 3.95. The number of nitrogen functional groups attached to an aromatic ring is 1. The molecule has 1 atom stereocenters. The molecule has 0 saturated carbocycles. The molecule has 2 aliphatic heterocycles. The van der Waals surface area contributed by atoms with E-state index in [0.29, 0.717) is 5.13 Å². The normalized spacial score (nSPS) is 22.4. The van der Waals surface area contributed by atoms with Crippen LogP contribution in [0, 0.1) is 5.92 Å². The second kappa shape index (κ2) is 10.1. The van der Waals surface area contributed by atoms with Gasteiger partial charge in [-0.2, -0.15) is 0 Å². The third kappa shape index (κ3) is 4.96. The van der Waals surface area contributed by atoms with E-state index in [-0.39, 0.29) is 30.2 Å². The first-order chi connectivity index (χ1) is 12.3. The topological polar surface area (TPSA) is 54.2 Å². The Morgan fingerprint density at radius 3 is 2.52 bits per heavy atom. The zero-order valence-electron chi connectivity index (χ0n) is 15.6. The second-order valence-electron chi connectivity index (χ2n) is 7.53. The van der Waals surface area contributed by atoms with Gasteiger partial charge < -0.3 is 16.0 Å². The first-order valence-electron chi connectivity index (χ1n) is 9.46. The van der Waals surface area contributed by atoms with Crippen LogP contribution in [0.4, 0.5) is 5.13 Å². The summed E-state index contributed by atoms with van der Waals surface area (Å²) in [5, 5.41) is 6.40. The van der Waals surface area contributed by atoms with E-state index in [4.69, 9.17) is 10.7 Å². The number of anilines is 1. The SMILES string of the molecule is Cl.Cl.Nc1nc(C2(c3ccccc3)CCN(CC3CCCNC3)CC2)cs1. The Labute approximate surface area is 178 Å². The number of rotatable bonds is 4. The van der Waals surface area contributed by atoms with Crippen LogP contribution in [0.2, 0.25) is 0 Å². The van der Waals surface area contributed by atoms with E-state index in [9.17, 15) is 0 Å². The van der Waals surface area contributed by atoms with E-state index in [2.05, 4.69) is 45.9 Å². The van der Waals surface area contributed by atoms with Crippen LogP contribution in [0.5, 0.6) is 0 Å². The molecule has 0 radical (unpaired) electrons. The standard InChI is InChI=1S/C20H28N4S.2ClH/c21-19-23-18(15-25-19)20(17-6-2-1-3-7-17)8-11-24(12-9-20)14-16-5-4-10-22-13-16;;/h1-3,6-7,15-16,22H,4-5,8-14H2,(H2,21,23);2*1H. The highest BCUT2D eigenvalue weighted by molar-refractivity contribution is 7.13. The molecule has 2 aliphatic rings. The van der Waals surface area contributed by atoms with Gasteiger partial charge in [0.2, 0.25) is 0 Å². The van der Waals surface area contributed by atoms with E-state index in [1.54, 1.807) is 11.3 Å². The van der Waals surface area contributed by atoms with E-state index < -0.39 is 0 Å². The largest absolute Gasteiger partial charge is 0.375 e. The van der Waals surface area contributed by atoms with Gasteiger partial charge in [0, 0.05) is 17.3 Å². The second-order valence-corrected chi connectivity index (χ2v) is 8.42. The lowest BCUT2D eigenvalue weighted by Gasteiger charge is -2.42. The molecule has 1 aromatic carbocycles. The molecule has 0 spiro atoms. The monoisotopic (exact) mass is 428 g/mol. The third-order valence-electron chi connectivity index (χ3n) is 5.96. The van der Waals surface area contributed by atoms with Gasteiger partial charge in [0.15, 0.2) is 5.13 Å². The highest BCUT2D eigenvalue weighted by Gasteiger charge is 2.40. The summed E-state index contributed by atoms with van der Waals surface area (Å²) >= 11 is 1.57. The fraction of sp³-hybridized carbons (Fsp3) is 0.550. The van der Waals surface area contributed by atoms with Crippen LogP contribution in [-0.4, -0.2) is 42.6 Å². The van der Waals surface area contributed by atoms with Crippen LogP contribution in [-0.2, 0) is 5.41 Å². The van der Waals surface area contributed by atoms with E-state index in [1.165, 1.54) is 43.7 Å². The number of hydrogen-bond donors (Lipinski definition) is 2. The first kappa shape index (κ1) is 22.4. The fourth-order valence-electron chi connectivity index (χ4n) is 4.52. The average molecular weight is 429 g/mol. The Kier molecular flexibility index (Phi) is 8.38. The van der Waals surface area contributed by atoms with Crippen molar-refractivity contribution in [2.45, 2.75) is 31.1 Å². The van der Waals surface area contributed by atoms with Crippen molar-refractivity contribution in [3.63, 3.8) is 0 Å². The molecule has 0 aliphatic carbocycles. The first-order valence-corrected chi connectivity index (χ1v) is 10.3. The zero-order chi connectivity index (χ0) is 17.1. The van der Waals surface area contributed by atoms with Crippen molar-refractivity contribution in [2.75, 3.05) is 38.5 Å². The number of hydrogen-bond acceptors (Lipinski definition) is 5. The summed E-state index contributed by atoms with van der Waals surface area (Å²) in [4.78, 5) is 7.35. The maximum Gasteiger partial charge on any atom is 0.180 e. The number of piperidine rings is 2. The average Bonchev–Trinajstić information content (AvgIpc) is 3.11. The number of likely N-dealkylation sites (tertiary alicyclic amines) is 1. The van der Waals surface area contributed by atoms with E-state index >= 15 is 0 Å². The summed E-state index contributed by atoms with van der Waals surface area (Å²) in [7, 11) is 0. The van der Waals surface area contributed by atoms with Crippen molar-refractivity contribution in [2.24, 2.45) is 5.92 Å². The number of nitrogens with one attached hydrogen (secondary N) is 1. The zero-order valence-corrected chi connectivity index (χ0v) is 18.1. The Balaban J connectivity index is 0.00000131. The smallest absolute Gasteiger partial charge is 0.180 e. The summed E-state index contributed by atoms with van der Waals surface area (Å²) in [5.74, 6) is 0.813. The molecule has 0 bridgehead atoms. The minimum Gasteiger partial charge on any atom is -0.375 e. The molecule has 2 fully saturated rings. The van der Waals surface area contributed by atoms with Crippen LogP contribution in [0.25, 0.3) is 0 Å². The molecule has 2 aromatic rings. The van der Waals surface area contributed by atoms with Crippen molar-refractivity contribution in [3.05, 3.63) is 47.0 Å². The van der Waals surface area contributed by atoms with Crippen molar-refractivity contribution in [1.82, 2.24) is 15.2 Å². The molecule has 4 rings (SSSR count). The summed E-state index contributed by atoms with van der Waals surface area (Å²) in [6, 6.07) is 10.9. The predicted molar refractivity (Wildman–Crippen MR) is 120 cm³/mol. The maximum absolute atomic E-state index is 5.96. The van der Waals surface area contributed by atoms with Crippen LogP contribution >= 0.6 is 36.2 Å². The van der Waals surface area contributed by atoms with Crippen molar-refractivity contribution in [3.8, 4) is 0 Å². The van der Waals surface area contributed by atoms with Crippen LogP contribution in [0.15, 0.2) is 35.7 Å². The highest BCUT2D eigenvalue weighted by atomic mass is 35.5. The molecule has 27 heavy (non-hydrogen) atoms. The third-order valence-corrected chi connectivity index (χ3v) is 6.64. The van der Waals surface area contributed by atoms with Gasteiger partial charge in [-0.05, 0) is 63.3 Å². The molecular formula is C20H30Cl2N4S. The quantitative estimate of drug-likeness (QED) is 0.773. The lowest BCUT2D eigenvalue weighted by atomic mass is 9.70. The van der Waals surface area contributed by atoms with Gasteiger partial charge in [-0.15, -0.1) is 36.2 Å². The van der Waals surface area contributed by atoms with Crippen LogP contribution in [0.3, 0.4) is 0 Å². The van der Waals surface area contributed by atoms with Crippen molar-refractivity contribution < 1.29 is 0 Å². The van der Waals surface area contributed by atoms with Crippen molar-refractivity contribution >= 4 is 41.3 Å². The molecule has 3 N–H and O–H groups in total. The van der Waals surface area contributed by atoms with Crippen molar-refractivity contribution in [1.29, 1.82) is 0 Å². The van der Waals surface area contributed by atoms with Gasteiger partial charge in [-0.3, -0.25) is 0 Å². The minimum absolute atomic E-state index is 0. The van der Waals surface area contributed by atoms with Gasteiger partial charge in [0.25, 0.3) is 0 Å². The lowest BCUT2D eigenvalue weighted by Crippen LogP contribution is -2.46. The molecule has 4 nitrogen and oxygen atoms in total. The number of thiazole rings is 1. The number of nitrogens with two attached hydrogens (primary N) is 1. The van der Waals surface area contributed by atoms with Crippen LogP contribution in [0.1, 0.15) is 36.9 Å². The number of halogens is 2. The fourth-order valence-corrected chi connectivity index (χ4v) is 5.18. The Morgan fingerprint density at radius 2 is 1.93 bits per heavy atom. The molecule has 1 aromatic heterocycles. The van der Waals surface area contributed by atoms with E-state index in [1.807, 2.05) is 0 Å². The lowest BCUT2D eigenvalue weighted by molar-refractivity contribution is 0.145. The molecule has 2 saturated heterocycles. The van der Waals surface area contributed by atoms with Crippen LogP contribution < -0.4 is 11.1 Å².